The first-order chi connectivity index (χ1) is 7.13. The van der Waals surface area contributed by atoms with Crippen molar-refractivity contribution in [3.05, 3.63) is 34.9 Å². The maximum atomic E-state index is 10.7. The van der Waals surface area contributed by atoms with Crippen LogP contribution in [0.2, 0.25) is 5.02 Å². The lowest BCUT2D eigenvalue weighted by Gasteiger charge is -2.14. The molecule has 82 valence electrons. The maximum absolute atomic E-state index is 10.7. The summed E-state index contributed by atoms with van der Waals surface area (Å²) < 4.78 is 0. The van der Waals surface area contributed by atoms with Crippen LogP contribution in [0.3, 0.4) is 0 Å². The molecule has 0 fully saturated rings. The van der Waals surface area contributed by atoms with Crippen LogP contribution in [0.25, 0.3) is 0 Å². The van der Waals surface area contributed by atoms with Crippen molar-refractivity contribution < 1.29 is 9.90 Å². The Morgan fingerprint density at radius 3 is 2.47 bits per heavy atom. The quantitative estimate of drug-likeness (QED) is 0.831. The van der Waals surface area contributed by atoms with E-state index in [2.05, 4.69) is 6.92 Å². The molecule has 0 aromatic heterocycles. The van der Waals surface area contributed by atoms with E-state index in [1.807, 2.05) is 12.1 Å². The molecule has 2 nitrogen and oxygen atoms in total. The van der Waals surface area contributed by atoms with Gasteiger partial charge in [0, 0.05) is 5.02 Å². The number of hydrogen-bond acceptors (Lipinski definition) is 1. The number of carbonyl (C=O) groups is 1. The van der Waals surface area contributed by atoms with Gasteiger partial charge in [0.05, 0.1) is 6.42 Å². The van der Waals surface area contributed by atoms with Gasteiger partial charge in [0.15, 0.2) is 0 Å². The Bertz CT molecular complexity index is 319. The van der Waals surface area contributed by atoms with Gasteiger partial charge in [0.25, 0.3) is 0 Å². The molecule has 0 radical (unpaired) electrons. The summed E-state index contributed by atoms with van der Waals surface area (Å²) in [5.41, 5.74) is 1.06. The zero-order valence-electron chi connectivity index (χ0n) is 8.74. The lowest BCUT2D eigenvalue weighted by atomic mass is 9.91. The van der Waals surface area contributed by atoms with Crippen molar-refractivity contribution in [1.82, 2.24) is 0 Å². The Labute approximate surface area is 94.9 Å². The van der Waals surface area contributed by atoms with Crippen LogP contribution in [-0.4, -0.2) is 11.1 Å². The summed E-state index contributed by atoms with van der Waals surface area (Å²) in [6.07, 6.45) is 2.07. The van der Waals surface area contributed by atoms with Gasteiger partial charge in [0.2, 0.25) is 0 Å². The van der Waals surface area contributed by atoms with Gasteiger partial charge in [0.1, 0.15) is 0 Å². The Kier molecular flexibility index (Phi) is 4.63. The lowest BCUT2D eigenvalue weighted by molar-refractivity contribution is -0.137. The van der Waals surface area contributed by atoms with Gasteiger partial charge < -0.3 is 5.11 Å². The largest absolute Gasteiger partial charge is 0.481 e. The van der Waals surface area contributed by atoms with E-state index in [9.17, 15) is 4.79 Å². The fourth-order valence-corrected chi connectivity index (χ4v) is 1.81. The Balaban J connectivity index is 2.78. The van der Waals surface area contributed by atoms with E-state index in [4.69, 9.17) is 16.7 Å². The van der Waals surface area contributed by atoms with E-state index in [1.165, 1.54) is 0 Å². The number of carboxylic acids is 1. The van der Waals surface area contributed by atoms with E-state index < -0.39 is 5.97 Å². The van der Waals surface area contributed by atoms with E-state index in [0.29, 0.717) is 5.02 Å². The van der Waals surface area contributed by atoms with Gasteiger partial charge in [-0.1, -0.05) is 37.1 Å². The highest BCUT2D eigenvalue weighted by molar-refractivity contribution is 6.30. The van der Waals surface area contributed by atoms with E-state index in [-0.39, 0.29) is 12.3 Å². The second-order valence-electron chi connectivity index (χ2n) is 3.64. The summed E-state index contributed by atoms with van der Waals surface area (Å²) in [5.74, 6) is -0.645. The van der Waals surface area contributed by atoms with Crippen LogP contribution in [0.5, 0.6) is 0 Å². The van der Waals surface area contributed by atoms with Crippen molar-refractivity contribution in [3.8, 4) is 0 Å². The lowest BCUT2D eigenvalue weighted by Crippen LogP contribution is -2.06. The van der Waals surface area contributed by atoms with Gasteiger partial charge in [-0.15, -0.1) is 0 Å². The van der Waals surface area contributed by atoms with E-state index in [1.54, 1.807) is 12.1 Å². The first-order valence-electron chi connectivity index (χ1n) is 5.10. The average molecular weight is 227 g/mol. The molecule has 0 aliphatic heterocycles. The SMILES string of the molecule is CCC[C@H](CC(=O)O)c1ccc(Cl)cc1. The monoisotopic (exact) mass is 226 g/mol. The minimum absolute atomic E-state index is 0.102. The number of rotatable bonds is 5. The molecule has 1 aromatic rings. The van der Waals surface area contributed by atoms with Gasteiger partial charge in [-0.2, -0.15) is 0 Å². The van der Waals surface area contributed by atoms with Crippen LogP contribution >= 0.6 is 11.6 Å². The average Bonchev–Trinajstić information content (AvgIpc) is 2.17. The Hall–Kier alpha value is -1.02. The number of halogens is 1. The van der Waals surface area contributed by atoms with Crippen LogP contribution in [0.1, 0.15) is 37.7 Å². The molecule has 0 spiro atoms. The van der Waals surface area contributed by atoms with Crippen LogP contribution < -0.4 is 0 Å². The van der Waals surface area contributed by atoms with Crippen molar-refractivity contribution in [1.29, 1.82) is 0 Å². The summed E-state index contributed by atoms with van der Waals surface area (Å²) in [6, 6.07) is 7.43. The van der Waals surface area contributed by atoms with E-state index in [0.717, 1.165) is 18.4 Å². The zero-order valence-corrected chi connectivity index (χ0v) is 9.50. The topological polar surface area (TPSA) is 37.3 Å². The Morgan fingerprint density at radius 1 is 1.40 bits per heavy atom. The zero-order chi connectivity index (χ0) is 11.3. The van der Waals surface area contributed by atoms with Crippen molar-refractivity contribution >= 4 is 17.6 Å². The normalized spacial score (nSPS) is 12.4. The molecule has 1 atom stereocenters. The predicted octanol–water partition coefficient (Wildman–Crippen LogP) is 3.70. The maximum Gasteiger partial charge on any atom is 0.303 e. The molecule has 1 aromatic carbocycles. The molecule has 0 saturated carbocycles. The number of benzene rings is 1. The molecule has 3 heteroatoms. The molecule has 0 heterocycles. The van der Waals surface area contributed by atoms with Crippen molar-refractivity contribution in [3.63, 3.8) is 0 Å². The molecule has 0 bridgehead atoms. The molecule has 0 aliphatic carbocycles. The van der Waals surface area contributed by atoms with Crippen molar-refractivity contribution in [2.45, 2.75) is 32.1 Å². The van der Waals surface area contributed by atoms with Crippen LogP contribution in [0.15, 0.2) is 24.3 Å². The van der Waals surface area contributed by atoms with Crippen molar-refractivity contribution in [2.24, 2.45) is 0 Å². The molecule has 0 aliphatic rings. The van der Waals surface area contributed by atoms with Crippen LogP contribution in [-0.2, 0) is 4.79 Å². The third kappa shape index (κ3) is 3.92. The minimum atomic E-state index is -0.747. The molecule has 1 N–H and O–H groups in total. The van der Waals surface area contributed by atoms with Gasteiger partial charge in [-0.25, -0.2) is 0 Å². The van der Waals surface area contributed by atoms with Gasteiger partial charge >= 0.3 is 5.97 Å². The third-order valence-corrected chi connectivity index (χ3v) is 2.65. The van der Waals surface area contributed by atoms with Crippen LogP contribution in [0, 0.1) is 0 Å². The summed E-state index contributed by atoms with van der Waals surface area (Å²) in [6.45, 7) is 2.06. The highest BCUT2D eigenvalue weighted by Gasteiger charge is 2.14. The molecular weight excluding hydrogens is 212 g/mol. The highest BCUT2D eigenvalue weighted by Crippen LogP contribution is 2.26. The summed E-state index contributed by atoms with van der Waals surface area (Å²) in [4.78, 5) is 10.7. The third-order valence-electron chi connectivity index (χ3n) is 2.40. The molecular formula is C12H15ClO2. The molecule has 0 amide bonds. The second-order valence-corrected chi connectivity index (χ2v) is 4.07. The summed E-state index contributed by atoms with van der Waals surface area (Å²) in [5, 5.41) is 9.48. The summed E-state index contributed by atoms with van der Waals surface area (Å²) >= 11 is 5.78. The first-order valence-corrected chi connectivity index (χ1v) is 5.48. The Morgan fingerprint density at radius 2 is 2.00 bits per heavy atom. The second kappa shape index (κ2) is 5.76. The highest BCUT2D eigenvalue weighted by atomic mass is 35.5. The molecule has 15 heavy (non-hydrogen) atoms. The minimum Gasteiger partial charge on any atom is -0.481 e. The van der Waals surface area contributed by atoms with Gasteiger partial charge in [-0.3, -0.25) is 4.79 Å². The smallest absolute Gasteiger partial charge is 0.303 e. The fourth-order valence-electron chi connectivity index (χ4n) is 1.68. The van der Waals surface area contributed by atoms with Gasteiger partial charge in [-0.05, 0) is 30.0 Å². The first kappa shape index (κ1) is 12.1. The number of aliphatic carboxylic acids is 1. The van der Waals surface area contributed by atoms with E-state index >= 15 is 0 Å². The van der Waals surface area contributed by atoms with Crippen LogP contribution in [0.4, 0.5) is 0 Å². The fraction of sp³-hybridized carbons (Fsp3) is 0.417. The summed E-state index contributed by atoms with van der Waals surface area (Å²) in [7, 11) is 0. The molecule has 0 saturated heterocycles. The number of carboxylic acid groups (broad SMARTS) is 1. The predicted molar refractivity (Wildman–Crippen MR) is 61.4 cm³/mol. The van der Waals surface area contributed by atoms with Crippen molar-refractivity contribution in [2.75, 3.05) is 0 Å². The standard InChI is InChI=1S/C12H15ClO2/c1-2-3-10(8-12(14)15)9-4-6-11(13)7-5-9/h4-7,10H,2-3,8H2,1H3,(H,14,15)/t10-/m1/s1. The molecule has 0 unspecified atom stereocenters. The number of hydrogen-bond donors (Lipinski definition) is 1. The molecule has 1 rings (SSSR count).